The summed E-state index contributed by atoms with van der Waals surface area (Å²) in [4.78, 5) is 6.48. The lowest BCUT2D eigenvalue weighted by Gasteiger charge is -2.23. The molecule has 1 N–H and O–H groups in total. The van der Waals surface area contributed by atoms with Gasteiger partial charge in [0.25, 0.3) is 0 Å². The van der Waals surface area contributed by atoms with E-state index in [2.05, 4.69) is 62.5 Å². The molecule has 5 heteroatoms. The molecular formula is C15H22BrN3O. The van der Waals surface area contributed by atoms with Crippen LogP contribution in [-0.2, 0) is 11.3 Å². The minimum atomic E-state index is 0.604. The SMILES string of the molecule is CN=C(NCC1CCOC1)N(C)Cc1ccc(Br)cc1. The Labute approximate surface area is 129 Å². The average Bonchev–Trinajstić information content (AvgIpc) is 2.95. The van der Waals surface area contributed by atoms with E-state index in [9.17, 15) is 0 Å². The second kappa shape index (κ2) is 7.64. The first kappa shape index (κ1) is 15.3. The van der Waals surface area contributed by atoms with Gasteiger partial charge in [0.05, 0.1) is 6.61 Å². The first-order chi connectivity index (χ1) is 9.69. The van der Waals surface area contributed by atoms with Crippen LogP contribution < -0.4 is 5.32 Å². The molecule has 1 aromatic rings. The van der Waals surface area contributed by atoms with E-state index >= 15 is 0 Å². The van der Waals surface area contributed by atoms with Crippen LogP contribution in [0.4, 0.5) is 0 Å². The van der Waals surface area contributed by atoms with Crippen molar-refractivity contribution in [3.05, 3.63) is 34.3 Å². The lowest BCUT2D eigenvalue weighted by atomic mass is 10.1. The first-order valence-corrected chi connectivity index (χ1v) is 7.72. The van der Waals surface area contributed by atoms with Gasteiger partial charge in [-0.3, -0.25) is 4.99 Å². The monoisotopic (exact) mass is 339 g/mol. The van der Waals surface area contributed by atoms with Gasteiger partial charge in [-0.2, -0.15) is 0 Å². The van der Waals surface area contributed by atoms with Crippen molar-refractivity contribution in [3.8, 4) is 0 Å². The number of rotatable bonds is 4. The van der Waals surface area contributed by atoms with E-state index in [-0.39, 0.29) is 0 Å². The molecule has 0 radical (unpaired) electrons. The molecule has 4 nitrogen and oxygen atoms in total. The molecule has 0 bridgehead atoms. The molecule has 1 saturated heterocycles. The molecule has 1 aliphatic heterocycles. The number of halogens is 1. The summed E-state index contributed by atoms with van der Waals surface area (Å²) in [6, 6.07) is 8.38. The van der Waals surface area contributed by atoms with Crippen LogP contribution in [0.15, 0.2) is 33.7 Å². The topological polar surface area (TPSA) is 36.9 Å². The molecule has 1 fully saturated rings. The van der Waals surface area contributed by atoms with E-state index in [0.29, 0.717) is 5.92 Å². The number of benzene rings is 1. The zero-order chi connectivity index (χ0) is 14.4. The number of hydrogen-bond donors (Lipinski definition) is 1. The van der Waals surface area contributed by atoms with Gasteiger partial charge in [-0.25, -0.2) is 0 Å². The highest BCUT2D eigenvalue weighted by Gasteiger charge is 2.16. The van der Waals surface area contributed by atoms with Crippen molar-refractivity contribution in [1.29, 1.82) is 0 Å². The third-order valence-electron chi connectivity index (χ3n) is 3.48. The highest BCUT2D eigenvalue weighted by atomic mass is 79.9. The number of guanidine groups is 1. The molecule has 0 amide bonds. The van der Waals surface area contributed by atoms with E-state index in [1.165, 1.54) is 5.56 Å². The Bertz CT molecular complexity index is 441. The molecule has 0 aliphatic carbocycles. The quantitative estimate of drug-likeness (QED) is 0.676. The molecule has 1 atom stereocenters. The second-order valence-corrected chi connectivity index (χ2v) is 6.06. The molecule has 1 aliphatic rings. The van der Waals surface area contributed by atoms with Crippen LogP contribution in [0.5, 0.6) is 0 Å². The maximum Gasteiger partial charge on any atom is 0.193 e. The average molecular weight is 340 g/mol. The highest BCUT2D eigenvalue weighted by Crippen LogP contribution is 2.13. The molecule has 0 saturated carbocycles. The van der Waals surface area contributed by atoms with Gasteiger partial charge in [0.2, 0.25) is 0 Å². The minimum Gasteiger partial charge on any atom is -0.381 e. The summed E-state index contributed by atoms with van der Waals surface area (Å²) in [6.07, 6.45) is 1.14. The predicted octanol–water partition coefficient (Wildman–Crippen LogP) is 2.49. The molecule has 0 aromatic heterocycles. The van der Waals surface area contributed by atoms with Crippen LogP contribution in [0.2, 0.25) is 0 Å². The fourth-order valence-corrected chi connectivity index (χ4v) is 2.57. The van der Waals surface area contributed by atoms with E-state index in [1.807, 2.05) is 7.05 Å². The molecule has 20 heavy (non-hydrogen) atoms. The Morgan fingerprint density at radius 2 is 2.20 bits per heavy atom. The second-order valence-electron chi connectivity index (χ2n) is 5.14. The zero-order valence-electron chi connectivity index (χ0n) is 12.1. The number of hydrogen-bond acceptors (Lipinski definition) is 2. The molecule has 1 heterocycles. The van der Waals surface area contributed by atoms with Crippen molar-refractivity contribution in [2.45, 2.75) is 13.0 Å². The van der Waals surface area contributed by atoms with E-state index in [1.54, 1.807) is 0 Å². The minimum absolute atomic E-state index is 0.604. The normalized spacial score (nSPS) is 19.1. The van der Waals surface area contributed by atoms with Crippen LogP contribution in [0.25, 0.3) is 0 Å². The van der Waals surface area contributed by atoms with Gasteiger partial charge in [-0.05, 0) is 24.1 Å². The summed E-state index contributed by atoms with van der Waals surface area (Å²) in [6.45, 7) is 3.52. The summed E-state index contributed by atoms with van der Waals surface area (Å²) in [5, 5.41) is 3.43. The van der Waals surface area contributed by atoms with Crippen molar-refractivity contribution in [2.24, 2.45) is 10.9 Å². The smallest absolute Gasteiger partial charge is 0.193 e. The molecule has 110 valence electrons. The third-order valence-corrected chi connectivity index (χ3v) is 4.01. The number of nitrogens with one attached hydrogen (secondary N) is 1. The predicted molar refractivity (Wildman–Crippen MR) is 85.9 cm³/mol. The maximum atomic E-state index is 5.39. The van der Waals surface area contributed by atoms with Gasteiger partial charge < -0.3 is 15.0 Å². The van der Waals surface area contributed by atoms with E-state index in [0.717, 1.165) is 43.2 Å². The van der Waals surface area contributed by atoms with Gasteiger partial charge in [-0.1, -0.05) is 28.1 Å². The first-order valence-electron chi connectivity index (χ1n) is 6.93. The van der Waals surface area contributed by atoms with Gasteiger partial charge in [0.15, 0.2) is 5.96 Å². The van der Waals surface area contributed by atoms with Gasteiger partial charge in [0.1, 0.15) is 0 Å². The summed E-state index contributed by atoms with van der Waals surface area (Å²) >= 11 is 3.46. The van der Waals surface area contributed by atoms with Crippen LogP contribution in [0.1, 0.15) is 12.0 Å². The Hall–Kier alpha value is -1.07. The van der Waals surface area contributed by atoms with Crippen LogP contribution in [-0.4, -0.2) is 44.7 Å². The molecule has 2 rings (SSSR count). The summed E-state index contributed by atoms with van der Waals surface area (Å²) in [5.41, 5.74) is 1.27. The largest absolute Gasteiger partial charge is 0.381 e. The van der Waals surface area contributed by atoms with E-state index < -0.39 is 0 Å². The molecule has 0 spiro atoms. The number of ether oxygens (including phenoxy) is 1. The molecule has 1 aromatic carbocycles. The third kappa shape index (κ3) is 4.49. The Morgan fingerprint density at radius 3 is 2.80 bits per heavy atom. The number of nitrogens with zero attached hydrogens (tertiary/aromatic N) is 2. The van der Waals surface area contributed by atoms with Crippen LogP contribution in [0, 0.1) is 5.92 Å². The zero-order valence-corrected chi connectivity index (χ0v) is 13.7. The lowest BCUT2D eigenvalue weighted by molar-refractivity contribution is 0.186. The fraction of sp³-hybridized carbons (Fsp3) is 0.533. The lowest BCUT2D eigenvalue weighted by Crippen LogP contribution is -2.40. The van der Waals surface area contributed by atoms with Gasteiger partial charge in [0, 0.05) is 44.2 Å². The van der Waals surface area contributed by atoms with E-state index in [4.69, 9.17) is 4.74 Å². The van der Waals surface area contributed by atoms with Gasteiger partial charge in [-0.15, -0.1) is 0 Å². The van der Waals surface area contributed by atoms with Crippen LogP contribution in [0.3, 0.4) is 0 Å². The highest BCUT2D eigenvalue weighted by molar-refractivity contribution is 9.10. The standard InChI is InChI=1S/C15H22BrN3O/c1-17-15(18-9-13-7-8-20-11-13)19(2)10-12-3-5-14(16)6-4-12/h3-6,13H,7-11H2,1-2H3,(H,17,18). The van der Waals surface area contributed by atoms with Crippen molar-refractivity contribution >= 4 is 21.9 Å². The van der Waals surface area contributed by atoms with Crippen molar-refractivity contribution < 1.29 is 4.74 Å². The fourth-order valence-electron chi connectivity index (χ4n) is 2.30. The van der Waals surface area contributed by atoms with Gasteiger partial charge >= 0.3 is 0 Å². The summed E-state index contributed by atoms with van der Waals surface area (Å²) in [5.74, 6) is 1.53. The maximum absolute atomic E-state index is 5.39. The van der Waals surface area contributed by atoms with Crippen molar-refractivity contribution in [2.75, 3.05) is 33.9 Å². The van der Waals surface area contributed by atoms with Crippen molar-refractivity contribution in [1.82, 2.24) is 10.2 Å². The molecule has 1 unspecified atom stereocenters. The summed E-state index contributed by atoms with van der Waals surface area (Å²) < 4.78 is 6.50. The van der Waals surface area contributed by atoms with Crippen LogP contribution >= 0.6 is 15.9 Å². The Balaban J connectivity index is 1.84. The Kier molecular flexibility index (Phi) is 5.86. The molecular weight excluding hydrogens is 318 g/mol. The van der Waals surface area contributed by atoms with Crippen molar-refractivity contribution in [3.63, 3.8) is 0 Å². The summed E-state index contributed by atoms with van der Waals surface area (Å²) in [7, 11) is 3.88. The number of aliphatic imine (C=N–C) groups is 1. The Morgan fingerprint density at radius 1 is 1.45 bits per heavy atom.